The minimum atomic E-state index is -0.340. The van der Waals surface area contributed by atoms with Gasteiger partial charge in [-0.05, 0) is 48.9 Å². The predicted octanol–water partition coefficient (Wildman–Crippen LogP) is 4.91. The Hall–Kier alpha value is -2.90. The Kier molecular flexibility index (Phi) is 5.78. The van der Waals surface area contributed by atoms with Gasteiger partial charge in [0.25, 0.3) is 5.91 Å². The topological polar surface area (TPSA) is 67.8 Å². The summed E-state index contributed by atoms with van der Waals surface area (Å²) in [5.41, 5.74) is 2.72. The lowest BCUT2D eigenvalue weighted by Gasteiger charge is -2.08. The van der Waals surface area contributed by atoms with Crippen LogP contribution in [0.3, 0.4) is 0 Å². The third-order valence-electron chi connectivity index (χ3n) is 4.34. The standard InChI is InChI=1S/C21H16ClFN4OS/c22-20-19(13-3-6-15(23)7-4-13)26-17-12-14(5-8-16(17)27-20)21(28)25-9-1-2-18-24-10-11-29-18/h3-8,10-12H,1-2,9H2,(H,25,28). The van der Waals surface area contributed by atoms with Crippen molar-refractivity contribution in [2.75, 3.05) is 6.54 Å². The van der Waals surface area contributed by atoms with E-state index < -0.39 is 0 Å². The van der Waals surface area contributed by atoms with E-state index in [-0.39, 0.29) is 16.9 Å². The Labute approximate surface area is 175 Å². The summed E-state index contributed by atoms with van der Waals surface area (Å²) in [5, 5.41) is 6.14. The normalized spacial score (nSPS) is 11.0. The molecule has 0 aliphatic heterocycles. The summed E-state index contributed by atoms with van der Waals surface area (Å²) in [5.74, 6) is -0.515. The molecule has 0 bridgehead atoms. The maximum atomic E-state index is 13.2. The monoisotopic (exact) mass is 426 g/mol. The average molecular weight is 427 g/mol. The summed E-state index contributed by atoms with van der Waals surface area (Å²) in [6, 6.07) is 11.0. The van der Waals surface area contributed by atoms with E-state index in [0.717, 1.165) is 17.8 Å². The first kappa shape index (κ1) is 19.4. The highest BCUT2D eigenvalue weighted by Crippen LogP contribution is 2.27. The van der Waals surface area contributed by atoms with Gasteiger partial charge in [0.05, 0.1) is 16.0 Å². The zero-order chi connectivity index (χ0) is 20.2. The molecule has 0 saturated heterocycles. The molecular weight excluding hydrogens is 411 g/mol. The van der Waals surface area contributed by atoms with E-state index in [1.807, 2.05) is 5.38 Å². The number of thiazole rings is 1. The molecule has 0 spiro atoms. The van der Waals surface area contributed by atoms with Gasteiger partial charge in [-0.2, -0.15) is 0 Å². The van der Waals surface area contributed by atoms with Crippen molar-refractivity contribution >= 4 is 39.9 Å². The Morgan fingerprint density at radius 1 is 1.10 bits per heavy atom. The van der Waals surface area contributed by atoms with Crippen LogP contribution in [0.15, 0.2) is 54.0 Å². The molecular formula is C21H16ClFN4OS. The maximum Gasteiger partial charge on any atom is 0.251 e. The number of hydrogen-bond donors (Lipinski definition) is 1. The van der Waals surface area contributed by atoms with Crippen molar-refractivity contribution in [1.29, 1.82) is 0 Å². The Morgan fingerprint density at radius 2 is 1.93 bits per heavy atom. The number of amides is 1. The van der Waals surface area contributed by atoms with E-state index in [1.165, 1.54) is 12.1 Å². The van der Waals surface area contributed by atoms with Gasteiger partial charge in [-0.1, -0.05) is 11.6 Å². The van der Waals surface area contributed by atoms with Crippen molar-refractivity contribution in [2.45, 2.75) is 12.8 Å². The first-order valence-corrected chi connectivity index (χ1v) is 10.3. The van der Waals surface area contributed by atoms with E-state index in [1.54, 1.807) is 47.9 Å². The fourth-order valence-corrected chi connectivity index (χ4v) is 3.79. The van der Waals surface area contributed by atoms with Crippen molar-refractivity contribution in [3.05, 3.63) is 75.6 Å². The van der Waals surface area contributed by atoms with Gasteiger partial charge >= 0.3 is 0 Å². The molecule has 146 valence electrons. The molecule has 1 amide bonds. The quantitative estimate of drug-likeness (QED) is 0.445. The number of halogens is 2. The van der Waals surface area contributed by atoms with Crippen molar-refractivity contribution in [1.82, 2.24) is 20.3 Å². The minimum Gasteiger partial charge on any atom is -0.352 e. The van der Waals surface area contributed by atoms with Gasteiger partial charge in [-0.15, -0.1) is 11.3 Å². The molecule has 0 fully saturated rings. The summed E-state index contributed by atoms with van der Waals surface area (Å²) < 4.78 is 13.2. The van der Waals surface area contributed by atoms with Gasteiger partial charge in [-0.25, -0.2) is 19.3 Å². The van der Waals surface area contributed by atoms with Gasteiger partial charge in [0.2, 0.25) is 0 Å². The summed E-state index contributed by atoms with van der Waals surface area (Å²) >= 11 is 7.87. The second kappa shape index (κ2) is 8.63. The van der Waals surface area contributed by atoms with Crippen LogP contribution in [0.25, 0.3) is 22.3 Å². The van der Waals surface area contributed by atoms with Crippen molar-refractivity contribution < 1.29 is 9.18 Å². The molecule has 0 aliphatic carbocycles. The average Bonchev–Trinajstić information content (AvgIpc) is 3.24. The Balaban J connectivity index is 1.50. The highest BCUT2D eigenvalue weighted by atomic mass is 35.5. The van der Waals surface area contributed by atoms with Gasteiger partial charge in [0.1, 0.15) is 11.5 Å². The molecule has 0 atom stereocenters. The van der Waals surface area contributed by atoms with Gasteiger partial charge in [0.15, 0.2) is 5.15 Å². The number of benzene rings is 2. The Morgan fingerprint density at radius 3 is 2.69 bits per heavy atom. The highest BCUT2D eigenvalue weighted by Gasteiger charge is 2.12. The number of aryl methyl sites for hydroxylation is 1. The number of fused-ring (bicyclic) bond motifs is 1. The van der Waals surface area contributed by atoms with Crippen LogP contribution in [0.2, 0.25) is 5.15 Å². The first-order valence-electron chi connectivity index (χ1n) is 9.00. The zero-order valence-electron chi connectivity index (χ0n) is 15.2. The molecule has 4 rings (SSSR count). The number of rotatable bonds is 6. The van der Waals surface area contributed by atoms with Crippen LogP contribution in [0, 0.1) is 5.82 Å². The van der Waals surface area contributed by atoms with Crippen LogP contribution >= 0.6 is 22.9 Å². The number of hydrogen-bond acceptors (Lipinski definition) is 5. The number of nitrogens with zero attached hydrogens (tertiary/aromatic N) is 3. The second-order valence-corrected chi connectivity index (χ2v) is 7.70. The van der Waals surface area contributed by atoms with Crippen LogP contribution in [-0.4, -0.2) is 27.4 Å². The van der Waals surface area contributed by atoms with E-state index in [9.17, 15) is 9.18 Å². The Bertz CT molecular complexity index is 1150. The molecule has 0 aliphatic rings. The smallest absolute Gasteiger partial charge is 0.251 e. The summed E-state index contributed by atoms with van der Waals surface area (Å²) in [4.78, 5) is 25.6. The van der Waals surface area contributed by atoms with E-state index >= 15 is 0 Å². The number of carbonyl (C=O) groups excluding carboxylic acids is 1. The van der Waals surface area contributed by atoms with Crippen LogP contribution in [0.4, 0.5) is 4.39 Å². The third kappa shape index (κ3) is 4.58. The summed E-state index contributed by atoms with van der Waals surface area (Å²) in [7, 11) is 0. The molecule has 2 aromatic heterocycles. The molecule has 1 N–H and O–H groups in total. The van der Waals surface area contributed by atoms with Gasteiger partial charge in [-0.3, -0.25) is 4.79 Å². The molecule has 8 heteroatoms. The largest absolute Gasteiger partial charge is 0.352 e. The van der Waals surface area contributed by atoms with Crippen molar-refractivity contribution in [2.24, 2.45) is 0 Å². The van der Waals surface area contributed by atoms with Crippen LogP contribution in [-0.2, 0) is 6.42 Å². The van der Waals surface area contributed by atoms with E-state index in [4.69, 9.17) is 11.6 Å². The number of carbonyl (C=O) groups is 1. The van der Waals surface area contributed by atoms with Gasteiger partial charge in [0, 0.05) is 35.7 Å². The number of nitrogens with one attached hydrogen (secondary N) is 1. The second-order valence-electron chi connectivity index (χ2n) is 6.36. The molecule has 0 saturated carbocycles. The maximum absolute atomic E-state index is 13.2. The molecule has 2 aromatic carbocycles. The lowest BCUT2D eigenvalue weighted by Crippen LogP contribution is -2.24. The summed E-state index contributed by atoms with van der Waals surface area (Å²) in [6.45, 7) is 0.559. The minimum absolute atomic E-state index is 0.175. The lowest BCUT2D eigenvalue weighted by atomic mass is 10.1. The first-order chi connectivity index (χ1) is 14.1. The SMILES string of the molecule is O=C(NCCCc1nccs1)c1ccc2nc(Cl)c(-c3ccc(F)cc3)nc2c1. The fraction of sp³-hybridized carbons (Fsp3) is 0.143. The fourth-order valence-electron chi connectivity index (χ4n) is 2.89. The van der Waals surface area contributed by atoms with E-state index in [2.05, 4.69) is 20.3 Å². The molecule has 2 heterocycles. The van der Waals surface area contributed by atoms with Crippen LogP contribution in [0.1, 0.15) is 21.8 Å². The van der Waals surface area contributed by atoms with E-state index in [0.29, 0.717) is 34.4 Å². The molecule has 5 nitrogen and oxygen atoms in total. The number of aromatic nitrogens is 3. The highest BCUT2D eigenvalue weighted by molar-refractivity contribution is 7.09. The third-order valence-corrected chi connectivity index (χ3v) is 5.44. The predicted molar refractivity (Wildman–Crippen MR) is 113 cm³/mol. The van der Waals surface area contributed by atoms with Crippen molar-refractivity contribution in [3.8, 4) is 11.3 Å². The molecule has 4 aromatic rings. The van der Waals surface area contributed by atoms with Crippen molar-refractivity contribution in [3.63, 3.8) is 0 Å². The molecule has 29 heavy (non-hydrogen) atoms. The van der Waals surface area contributed by atoms with Gasteiger partial charge < -0.3 is 5.32 Å². The van der Waals surface area contributed by atoms with Crippen LogP contribution < -0.4 is 5.32 Å². The lowest BCUT2D eigenvalue weighted by molar-refractivity contribution is 0.0953. The zero-order valence-corrected chi connectivity index (χ0v) is 16.8. The summed E-state index contributed by atoms with van der Waals surface area (Å²) in [6.07, 6.45) is 3.43. The molecule has 0 unspecified atom stereocenters. The van der Waals surface area contributed by atoms with Crippen LogP contribution in [0.5, 0.6) is 0 Å². The molecule has 0 radical (unpaired) electrons.